The van der Waals surface area contributed by atoms with Crippen LogP contribution in [0.5, 0.6) is 0 Å². The Labute approximate surface area is 112 Å². The molecule has 2 saturated carbocycles. The van der Waals surface area contributed by atoms with Gasteiger partial charge in [-0.3, -0.25) is 0 Å². The van der Waals surface area contributed by atoms with Crippen LogP contribution in [0.2, 0.25) is 0 Å². The Morgan fingerprint density at radius 2 is 0.933 bits per heavy atom. The molecule has 0 saturated heterocycles. The zero-order valence-electron chi connectivity index (χ0n) is 10.0. The molecule has 0 aromatic heterocycles. The van der Waals surface area contributed by atoms with Crippen molar-refractivity contribution in [1.82, 2.24) is 0 Å². The number of rotatable bonds is 0. The third-order valence-electron chi connectivity index (χ3n) is 3.29. The Morgan fingerprint density at radius 1 is 0.733 bits per heavy atom. The van der Waals surface area contributed by atoms with E-state index in [1.807, 2.05) is 0 Å². The first-order chi connectivity index (χ1) is 7.20. The molecule has 0 heterocycles. The molecular weight excluding hydrogens is 308 g/mol. The van der Waals surface area contributed by atoms with Gasteiger partial charge in [-0.05, 0) is 11.8 Å². The summed E-state index contributed by atoms with van der Waals surface area (Å²) in [5, 5.41) is 0. The van der Waals surface area contributed by atoms with Gasteiger partial charge in [0.2, 0.25) is 0 Å². The molecule has 0 spiro atoms. The third-order valence-corrected chi connectivity index (χ3v) is 3.29. The van der Waals surface area contributed by atoms with Crippen LogP contribution < -0.4 is 0 Å². The summed E-state index contributed by atoms with van der Waals surface area (Å²) in [6, 6.07) is 0. The van der Waals surface area contributed by atoms with Crippen LogP contribution in [0.4, 0.5) is 0 Å². The number of halogens is 2. The van der Waals surface area contributed by atoms with Crippen molar-refractivity contribution in [2.75, 3.05) is 0 Å². The van der Waals surface area contributed by atoms with Crippen LogP contribution in [-0.2, 0) is 17.6 Å². The van der Waals surface area contributed by atoms with Crippen LogP contribution in [0.25, 0.3) is 0 Å². The second-order valence-electron chi connectivity index (χ2n) is 4.84. The second-order valence-corrected chi connectivity index (χ2v) is 8.18. The Morgan fingerprint density at radius 3 is 1.00 bits per heavy atom. The molecule has 0 amide bonds. The molecule has 0 unspecified atom stereocenters. The quantitative estimate of drug-likeness (QED) is 0.494. The fourth-order valence-electron chi connectivity index (χ4n) is 2.26. The summed E-state index contributed by atoms with van der Waals surface area (Å²) >= 11 is -0.706. The van der Waals surface area contributed by atoms with E-state index in [9.17, 15) is 0 Å². The Kier molecular flexibility index (Phi) is 12.8. The average molecular weight is 332 g/mol. The van der Waals surface area contributed by atoms with Crippen molar-refractivity contribution in [3.63, 3.8) is 0 Å². The van der Waals surface area contributed by atoms with E-state index < -0.39 is 17.6 Å². The van der Waals surface area contributed by atoms with Crippen molar-refractivity contribution in [2.45, 2.75) is 65.2 Å². The van der Waals surface area contributed by atoms with Crippen molar-refractivity contribution in [1.29, 1.82) is 0 Å². The predicted octanol–water partition coefficient (Wildman–Crippen LogP) is 5.77. The molecular formula is C12H24Cl2Nb. The summed E-state index contributed by atoms with van der Waals surface area (Å²) in [4.78, 5) is 0. The molecule has 2 fully saturated rings. The van der Waals surface area contributed by atoms with E-state index in [-0.39, 0.29) is 0 Å². The predicted molar refractivity (Wildman–Crippen MR) is 67.0 cm³/mol. The van der Waals surface area contributed by atoms with Crippen molar-refractivity contribution >= 4 is 18.4 Å². The van der Waals surface area contributed by atoms with Crippen LogP contribution in [-0.4, -0.2) is 0 Å². The van der Waals surface area contributed by atoms with Gasteiger partial charge >= 0.3 is 36.0 Å². The average Bonchev–Trinajstić information content (AvgIpc) is 2.81. The Bertz CT molecular complexity index is 105. The van der Waals surface area contributed by atoms with E-state index in [0.717, 1.165) is 11.8 Å². The molecule has 2 aliphatic carbocycles. The molecule has 0 aromatic carbocycles. The van der Waals surface area contributed by atoms with Gasteiger partial charge in [-0.1, -0.05) is 65.2 Å². The molecule has 0 radical (unpaired) electrons. The summed E-state index contributed by atoms with van der Waals surface area (Å²) in [5.41, 5.74) is 0. The van der Waals surface area contributed by atoms with E-state index in [4.69, 9.17) is 18.4 Å². The number of hydrogen-bond donors (Lipinski definition) is 0. The molecule has 0 atom stereocenters. The molecule has 0 aliphatic heterocycles. The van der Waals surface area contributed by atoms with Gasteiger partial charge in [-0.2, -0.15) is 0 Å². The summed E-state index contributed by atoms with van der Waals surface area (Å²) in [5.74, 6) is 2.09. The third kappa shape index (κ3) is 11.6. The molecule has 0 nitrogen and oxygen atoms in total. The standard InChI is InChI=1S/2C6H12.2ClH.Nb/c2*1-6-4-2-3-5-6;;;/h2*6H,2-5H2,1H3;2*1H;/q;;;;+2/p-2. The Balaban J connectivity index is 0.000000210. The monoisotopic (exact) mass is 331 g/mol. The van der Waals surface area contributed by atoms with Crippen LogP contribution in [0, 0.1) is 11.8 Å². The molecule has 91 valence electrons. The van der Waals surface area contributed by atoms with Gasteiger partial charge in [0.15, 0.2) is 0 Å². The van der Waals surface area contributed by atoms with E-state index in [1.165, 1.54) is 51.4 Å². The minimum atomic E-state index is -0.706. The normalized spacial score (nSPS) is 21.3. The SMILES string of the molecule is CC1CCCC1.CC1CCCC1.[Cl][Nb][Cl]. The molecule has 0 N–H and O–H groups in total. The van der Waals surface area contributed by atoms with Gasteiger partial charge in [0, 0.05) is 0 Å². The van der Waals surface area contributed by atoms with Crippen LogP contribution in [0.3, 0.4) is 0 Å². The number of hydrogen-bond acceptors (Lipinski definition) is 0. The van der Waals surface area contributed by atoms with E-state index in [0.29, 0.717) is 0 Å². The summed E-state index contributed by atoms with van der Waals surface area (Å²) in [7, 11) is 9.83. The fourth-order valence-corrected chi connectivity index (χ4v) is 2.26. The summed E-state index contributed by atoms with van der Waals surface area (Å²) < 4.78 is 0. The molecule has 2 aliphatic rings. The minimum absolute atomic E-state index is 0.706. The zero-order chi connectivity index (χ0) is 11.5. The van der Waals surface area contributed by atoms with E-state index >= 15 is 0 Å². The van der Waals surface area contributed by atoms with Gasteiger partial charge in [-0.25, -0.2) is 0 Å². The first-order valence-electron chi connectivity index (χ1n) is 6.13. The van der Waals surface area contributed by atoms with E-state index in [2.05, 4.69) is 13.8 Å². The summed E-state index contributed by atoms with van der Waals surface area (Å²) in [6.07, 6.45) is 11.9. The fraction of sp³-hybridized carbons (Fsp3) is 1.00. The van der Waals surface area contributed by atoms with Gasteiger partial charge in [0.1, 0.15) is 0 Å². The van der Waals surface area contributed by atoms with Crippen LogP contribution in [0.15, 0.2) is 0 Å². The topological polar surface area (TPSA) is 0 Å². The first kappa shape index (κ1) is 16.3. The Hall–Kier alpha value is 1.32. The molecule has 2 rings (SSSR count). The van der Waals surface area contributed by atoms with Crippen molar-refractivity contribution in [3.05, 3.63) is 0 Å². The van der Waals surface area contributed by atoms with Crippen molar-refractivity contribution in [3.8, 4) is 0 Å². The molecule has 3 heteroatoms. The van der Waals surface area contributed by atoms with Crippen LogP contribution >= 0.6 is 18.4 Å². The summed E-state index contributed by atoms with van der Waals surface area (Å²) in [6.45, 7) is 4.68. The molecule has 15 heavy (non-hydrogen) atoms. The van der Waals surface area contributed by atoms with Crippen LogP contribution in [0.1, 0.15) is 65.2 Å². The van der Waals surface area contributed by atoms with Gasteiger partial charge < -0.3 is 0 Å². The van der Waals surface area contributed by atoms with Crippen molar-refractivity contribution in [2.24, 2.45) is 11.8 Å². The molecule has 0 bridgehead atoms. The molecule has 0 aromatic rings. The zero-order valence-corrected chi connectivity index (χ0v) is 13.7. The van der Waals surface area contributed by atoms with Gasteiger partial charge in [0.25, 0.3) is 0 Å². The maximum atomic E-state index is 4.91. The van der Waals surface area contributed by atoms with Crippen molar-refractivity contribution < 1.29 is 17.6 Å². The van der Waals surface area contributed by atoms with E-state index in [1.54, 1.807) is 0 Å². The second kappa shape index (κ2) is 11.8. The van der Waals surface area contributed by atoms with Gasteiger partial charge in [0.05, 0.1) is 0 Å². The van der Waals surface area contributed by atoms with Gasteiger partial charge in [-0.15, -0.1) is 0 Å². The maximum absolute atomic E-state index is 4.91. The first-order valence-corrected chi connectivity index (χ1v) is 11.8.